The Balaban J connectivity index is 3.01. The molecule has 2 N–H and O–H groups in total. The summed E-state index contributed by atoms with van der Waals surface area (Å²) >= 11 is 0. The lowest BCUT2D eigenvalue weighted by molar-refractivity contribution is -0.136. The van der Waals surface area contributed by atoms with Gasteiger partial charge in [-0.25, -0.2) is 0 Å². The number of aromatic amines is 1. The lowest BCUT2D eigenvalue weighted by Crippen LogP contribution is -2.10. The molecule has 0 unspecified atom stereocenters. The highest BCUT2D eigenvalue weighted by Gasteiger charge is 2.03. The molecule has 0 saturated carbocycles. The second-order valence-electron chi connectivity index (χ2n) is 2.49. The molecule has 1 rings (SSSR count). The van der Waals surface area contributed by atoms with Gasteiger partial charge in [-0.15, -0.1) is 0 Å². The van der Waals surface area contributed by atoms with E-state index in [0.717, 1.165) is 0 Å². The Morgan fingerprint density at radius 3 is 2.85 bits per heavy atom. The first-order valence-corrected chi connectivity index (χ1v) is 3.61. The van der Waals surface area contributed by atoms with Crippen LogP contribution in [-0.4, -0.2) is 23.2 Å². The van der Waals surface area contributed by atoms with Crippen LogP contribution in [0.3, 0.4) is 0 Å². The molecule has 70 valence electrons. The van der Waals surface area contributed by atoms with E-state index < -0.39 is 5.97 Å². The van der Waals surface area contributed by atoms with Crippen LogP contribution in [0.1, 0.15) is 5.56 Å². The first-order chi connectivity index (χ1) is 6.11. The van der Waals surface area contributed by atoms with Crippen molar-refractivity contribution in [3.05, 3.63) is 28.0 Å². The van der Waals surface area contributed by atoms with Crippen molar-refractivity contribution in [3.63, 3.8) is 0 Å². The number of H-pyrrole nitrogens is 1. The number of hydrogen-bond donors (Lipinski definition) is 2. The van der Waals surface area contributed by atoms with E-state index in [2.05, 4.69) is 4.98 Å². The summed E-state index contributed by atoms with van der Waals surface area (Å²) in [5.41, 5.74) is 0.0590. The average Bonchev–Trinajstić information content (AvgIpc) is 2.01. The fraction of sp³-hybridized carbons (Fsp3) is 0.250. The van der Waals surface area contributed by atoms with Crippen LogP contribution >= 0.6 is 0 Å². The minimum Gasteiger partial charge on any atom is -0.482 e. The lowest BCUT2D eigenvalue weighted by Gasteiger charge is -2.00. The SMILES string of the molecule is COc1cc(CC(=O)O)cc(=O)[nH]1. The summed E-state index contributed by atoms with van der Waals surface area (Å²) in [6.07, 6.45) is -0.180. The van der Waals surface area contributed by atoms with Gasteiger partial charge in [0.05, 0.1) is 13.5 Å². The standard InChI is InChI=1S/C8H9NO4/c1-13-7-3-5(4-8(11)12)2-6(10)9-7/h2-3H,4H2,1H3,(H,9,10)(H,11,12). The van der Waals surface area contributed by atoms with Crippen molar-refractivity contribution in [2.75, 3.05) is 7.11 Å². The maximum absolute atomic E-state index is 10.9. The molecule has 1 heterocycles. The van der Waals surface area contributed by atoms with Gasteiger partial charge in [0.15, 0.2) is 5.88 Å². The van der Waals surface area contributed by atoms with Gasteiger partial charge < -0.3 is 9.84 Å². The van der Waals surface area contributed by atoms with Crippen LogP contribution in [0.15, 0.2) is 16.9 Å². The summed E-state index contributed by atoms with van der Waals surface area (Å²) in [6.45, 7) is 0. The zero-order valence-electron chi connectivity index (χ0n) is 7.03. The zero-order chi connectivity index (χ0) is 9.84. The molecule has 0 aliphatic heterocycles. The number of carboxylic acids is 1. The molecule has 0 saturated heterocycles. The minimum atomic E-state index is -0.979. The highest BCUT2D eigenvalue weighted by atomic mass is 16.5. The minimum absolute atomic E-state index is 0.180. The monoisotopic (exact) mass is 183 g/mol. The van der Waals surface area contributed by atoms with Gasteiger partial charge >= 0.3 is 5.97 Å². The van der Waals surface area contributed by atoms with Crippen molar-refractivity contribution in [1.82, 2.24) is 4.98 Å². The summed E-state index contributed by atoms with van der Waals surface area (Å²) in [5, 5.41) is 8.47. The molecule has 0 spiro atoms. The summed E-state index contributed by atoms with van der Waals surface area (Å²) < 4.78 is 4.77. The van der Waals surface area contributed by atoms with Gasteiger partial charge in [-0.2, -0.15) is 0 Å². The third-order valence-electron chi connectivity index (χ3n) is 1.45. The molecule has 5 heteroatoms. The number of carboxylic acid groups (broad SMARTS) is 1. The topological polar surface area (TPSA) is 79.4 Å². The largest absolute Gasteiger partial charge is 0.482 e. The van der Waals surface area contributed by atoms with Gasteiger partial charge in [0.1, 0.15) is 0 Å². The lowest BCUT2D eigenvalue weighted by atomic mass is 10.2. The quantitative estimate of drug-likeness (QED) is 0.691. The van der Waals surface area contributed by atoms with Crippen LogP contribution in [0.4, 0.5) is 0 Å². The Morgan fingerprint density at radius 2 is 2.31 bits per heavy atom. The zero-order valence-corrected chi connectivity index (χ0v) is 7.03. The van der Waals surface area contributed by atoms with Crippen molar-refractivity contribution >= 4 is 5.97 Å². The van der Waals surface area contributed by atoms with E-state index in [9.17, 15) is 9.59 Å². The highest BCUT2D eigenvalue weighted by molar-refractivity contribution is 5.70. The summed E-state index contributed by atoms with van der Waals surface area (Å²) in [4.78, 5) is 23.6. The van der Waals surface area contributed by atoms with E-state index >= 15 is 0 Å². The molecule has 0 radical (unpaired) electrons. The third-order valence-corrected chi connectivity index (χ3v) is 1.45. The fourth-order valence-electron chi connectivity index (χ4n) is 0.959. The number of aliphatic carboxylic acids is 1. The Labute approximate surface area is 74.0 Å². The van der Waals surface area contributed by atoms with Crippen LogP contribution in [0.25, 0.3) is 0 Å². The molecule has 1 aromatic rings. The molecular formula is C8H9NO4. The van der Waals surface area contributed by atoms with Crippen molar-refractivity contribution in [3.8, 4) is 5.88 Å². The van der Waals surface area contributed by atoms with E-state index in [-0.39, 0.29) is 17.9 Å². The molecular weight excluding hydrogens is 174 g/mol. The molecule has 0 aliphatic rings. The number of carbonyl (C=O) groups is 1. The Hall–Kier alpha value is -1.78. The number of methoxy groups -OCH3 is 1. The Kier molecular flexibility index (Phi) is 2.69. The molecule has 0 aliphatic carbocycles. The normalized spacial score (nSPS) is 9.62. The van der Waals surface area contributed by atoms with Gasteiger partial charge in [0.25, 0.3) is 5.56 Å². The van der Waals surface area contributed by atoms with E-state index in [1.165, 1.54) is 19.2 Å². The molecule has 5 nitrogen and oxygen atoms in total. The first kappa shape index (κ1) is 9.31. The number of hydrogen-bond acceptors (Lipinski definition) is 3. The summed E-state index contributed by atoms with van der Waals surface area (Å²) in [7, 11) is 1.40. The molecule has 0 aromatic carbocycles. The first-order valence-electron chi connectivity index (χ1n) is 3.61. The number of aromatic nitrogens is 1. The number of pyridine rings is 1. The van der Waals surface area contributed by atoms with Crippen LogP contribution in [0, 0.1) is 0 Å². The van der Waals surface area contributed by atoms with E-state index in [1.807, 2.05) is 0 Å². The van der Waals surface area contributed by atoms with Crippen molar-refractivity contribution < 1.29 is 14.6 Å². The molecule has 13 heavy (non-hydrogen) atoms. The predicted molar refractivity (Wildman–Crippen MR) is 45.0 cm³/mol. The number of ether oxygens (including phenoxy) is 1. The maximum Gasteiger partial charge on any atom is 0.307 e. The molecule has 0 amide bonds. The van der Waals surface area contributed by atoms with Crippen LogP contribution in [0.5, 0.6) is 5.88 Å². The third kappa shape index (κ3) is 2.62. The molecule has 0 atom stereocenters. The van der Waals surface area contributed by atoms with Gasteiger partial charge in [-0.05, 0) is 5.56 Å². The van der Waals surface area contributed by atoms with Gasteiger partial charge in [-0.3, -0.25) is 14.6 Å². The number of rotatable bonds is 3. The van der Waals surface area contributed by atoms with Crippen molar-refractivity contribution in [2.45, 2.75) is 6.42 Å². The van der Waals surface area contributed by atoms with E-state index in [0.29, 0.717) is 5.56 Å². The summed E-state index contributed by atoms with van der Waals surface area (Å²) in [6, 6.07) is 2.71. The van der Waals surface area contributed by atoms with E-state index in [1.54, 1.807) is 0 Å². The Bertz CT molecular complexity index is 369. The Morgan fingerprint density at radius 1 is 1.62 bits per heavy atom. The highest BCUT2D eigenvalue weighted by Crippen LogP contribution is 2.06. The van der Waals surface area contributed by atoms with Crippen LogP contribution < -0.4 is 10.3 Å². The predicted octanol–water partition coefficient (Wildman–Crippen LogP) is 0.0106. The maximum atomic E-state index is 10.9. The van der Waals surface area contributed by atoms with Gasteiger partial charge in [0, 0.05) is 12.1 Å². The van der Waals surface area contributed by atoms with E-state index in [4.69, 9.17) is 9.84 Å². The number of nitrogens with one attached hydrogen (secondary N) is 1. The average molecular weight is 183 g/mol. The fourth-order valence-corrected chi connectivity index (χ4v) is 0.959. The molecule has 1 aromatic heterocycles. The van der Waals surface area contributed by atoms with Crippen molar-refractivity contribution in [2.24, 2.45) is 0 Å². The second kappa shape index (κ2) is 3.75. The van der Waals surface area contributed by atoms with Crippen molar-refractivity contribution in [1.29, 1.82) is 0 Å². The summed E-state index contributed by atoms with van der Waals surface area (Å²) in [5.74, 6) is -0.712. The molecule has 0 fully saturated rings. The molecule has 0 bridgehead atoms. The van der Waals surface area contributed by atoms with Gasteiger partial charge in [-0.1, -0.05) is 0 Å². The van der Waals surface area contributed by atoms with Crippen LogP contribution in [-0.2, 0) is 11.2 Å². The second-order valence-corrected chi connectivity index (χ2v) is 2.49. The van der Waals surface area contributed by atoms with Gasteiger partial charge in [0.2, 0.25) is 0 Å². The van der Waals surface area contributed by atoms with Crippen LogP contribution in [0.2, 0.25) is 0 Å². The smallest absolute Gasteiger partial charge is 0.307 e.